The lowest BCUT2D eigenvalue weighted by molar-refractivity contribution is -0.384. The number of unbranched alkanes of at least 4 members (excludes halogenated alkanes) is 1. The van der Waals surface area contributed by atoms with Crippen LogP contribution in [0.2, 0.25) is 0 Å². The number of nitrogens with two attached hydrogens (primary N) is 1. The molecule has 0 heterocycles. The van der Waals surface area contributed by atoms with Gasteiger partial charge in [0.2, 0.25) is 53.2 Å². The average molecular weight is 1220 g/mol. The van der Waals surface area contributed by atoms with E-state index in [0.29, 0.717) is 0 Å². The van der Waals surface area contributed by atoms with Crippen LogP contribution in [0, 0.1) is 22.0 Å². The van der Waals surface area contributed by atoms with Crippen LogP contribution in [0.3, 0.4) is 0 Å². The molecule has 1 aliphatic carbocycles. The Morgan fingerprint density at radius 2 is 1.14 bits per heavy atom. The number of carbonyl (C=O) groups excluding carboxylic acids is 10. The molecule has 87 heavy (non-hydrogen) atoms. The Kier molecular flexibility index (Phi) is 32.2. The highest BCUT2D eigenvalue weighted by molar-refractivity contribution is 5.98. The summed E-state index contributed by atoms with van der Waals surface area (Å²) in [6.45, 7) is 15.7. The highest BCUT2D eigenvalue weighted by Gasteiger charge is 2.43. The summed E-state index contributed by atoms with van der Waals surface area (Å²) in [5.74, 6) is -7.97. The number of alkyl halides is 2. The number of ether oxygens (including phenoxy) is 1. The molecular formula is C59H81F2N11O15. The summed E-state index contributed by atoms with van der Waals surface area (Å²) in [4.78, 5) is 147. The van der Waals surface area contributed by atoms with Crippen molar-refractivity contribution in [2.24, 2.45) is 17.6 Å². The molecule has 5 atom stereocenters. The third-order valence-corrected chi connectivity index (χ3v) is 12.6. The van der Waals surface area contributed by atoms with E-state index in [9.17, 15) is 71.6 Å². The number of carboxylic acid groups (broad SMARTS) is 1. The zero-order chi connectivity index (χ0) is 65.4. The van der Waals surface area contributed by atoms with Crippen molar-refractivity contribution in [2.45, 2.75) is 135 Å². The molecule has 12 N–H and O–H groups in total. The van der Waals surface area contributed by atoms with Crippen LogP contribution >= 0.6 is 0 Å². The van der Waals surface area contributed by atoms with Crippen LogP contribution in [0.1, 0.15) is 98.5 Å². The van der Waals surface area contributed by atoms with Gasteiger partial charge in [0.25, 0.3) is 12.1 Å². The Bertz CT molecular complexity index is 2830. The molecule has 0 radical (unpaired) electrons. The second kappa shape index (κ2) is 38.0. The number of allylic oxidation sites excluding steroid dienone is 3. The van der Waals surface area contributed by atoms with Crippen molar-refractivity contribution in [2.75, 3.05) is 32.7 Å². The van der Waals surface area contributed by atoms with Gasteiger partial charge in [-0.15, -0.1) is 0 Å². The summed E-state index contributed by atoms with van der Waals surface area (Å²) in [5, 5.41) is 42.5. The molecule has 476 valence electrons. The number of hydrogen-bond acceptors (Lipinski definition) is 15. The molecule has 3 rings (SSSR count). The van der Waals surface area contributed by atoms with Gasteiger partial charge in [0.15, 0.2) is 5.54 Å². The normalized spacial score (nSPS) is 13.6. The molecular weight excluding hydrogens is 1140 g/mol. The number of halogens is 2. The van der Waals surface area contributed by atoms with Crippen molar-refractivity contribution in [3.8, 4) is 5.75 Å². The minimum Gasteiger partial charge on any atom is -0.480 e. The fourth-order valence-corrected chi connectivity index (χ4v) is 7.91. The predicted molar refractivity (Wildman–Crippen MR) is 316 cm³/mol. The van der Waals surface area contributed by atoms with Crippen molar-refractivity contribution in [3.05, 3.63) is 118 Å². The Hall–Kier alpha value is -9.21. The number of esters is 1. The van der Waals surface area contributed by atoms with Crippen molar-refractivity contribution in [3.63, 3.8) is 0 Å². The van der Waals surface area contributed by atoms with Gasteiger partial charge >= 0.3 is 11.9 Å². The molecule has 5 unspecified atom stereocenters. The number of nitro benzene ring substituents is 1. The molecule has 0 bridgehead atoms. The van der Waals surface area contributed by atoms with Crippen LogP contribution < -0.4 is 58.3 Å². The second-order valence-electron chi connectivity index (χ2n) is 21.3. The number of amides is 9. The standard InChI is InChI=1S/C30H46F2N6O7.C29H35N5O8/c1-18(2)14-21(26(42)36-16-23(39)34-13-9-8-12-30(33,28(31)32)29(44)45)38-27(43)22(15-20-10-6-5-7-11-20)37-24(40)17-35-25(41)19(3)4;1-18(2)14-23(28(38)31-17-26(36)42-22-12-10-21(11-13-22)34(40)41)33-29(39)24(15-20-8-6-5-7-9-20)32-25(35)16-30-27(37)19(3)4/h6,10-11,18,21-22,28H,3,5,7-9,12-17,33H2,1-2,4H3,(H,34,39)(H,35,41)(H,36,42)(H,37,40)(H,38,43)(H,44,45);5-13,18,23-24H,3,14-17H2,1-2,4H3,(H,30,37)(H,31,38)(H,32,35)(H,33,39). The lowest BCUT2D eigenvalue weighted by atomic mass is 9.94. The maximum absolute atomic E-state index is 13.4. The van der Waals surface area contributed by atoms with Crippen LogP contribution in [0.25, 0.3) is 0 Å². The monoisotopic (exact) mass is 1220 g/mol. The summed E-state index contributed by atoms with van der Waals surface area (Å²) in [5.41, 5.74) is 4.44. The first-order valence-corrected chi connectivity index (χ1v) is 28.0. The average Bonchev–Trinajstić information content (AvgIpc) is 3.61. The highest BCUT2D eigenvalue weighted by atomic mass is 19.3. The van der Waals surface area contributed by atoms with Crippen molar-refractivity contribution >= 4 is 70.8 Å². The number of carboxylic acids is 1. The maximum Gasteiger partial charge on any atom is 0.330 e. The second-order valence-corrected chi connectivity index (χ2v) is 21.3. The fourth-order valence-electron chi connectivity index (χ4n) is 7.91. The van der Waals surface area contributed by atoms with E-state index < -0.39 is 126 Å². The van der Waals surface area contributed by atoms with Gasteiger partial charge in [0.1, 0.15) is 36.5 Å². The van der Waals surface area contributed by atoms with Crippen LogP contribution in [0.15, 0.2) is 103 Å². The number of aliphatic carboxylic acids is 1. The van der Waals surface area contributed by atoms with E-state index in [1.54, 1.807) is 30.3 Å². The third kappa shape index (κ3) is 29.0. The molecule has 0 saturated heterocycles. The topological polar surface area (TPSA) is 395 Å². The molecule has 2 aromatic carbocycles. The zero-order valence-electron chi connectivity index (χ0n) is 49.7. The summed E-state index contributed by atoms with van der Waals surface area (Å²) < 4.78 is 31.1. The number of non-ortho nitro benzene ring substituents is 1. The number of hydrogen-bond donors (Lipinski definition) is 11. The van der Waals surface area contributed by atoms with E-state index in [1.807, 2.05) is 45.9 Å². The van der Waals surface area contributed by atoms with E-state index in [1.165, 1.54) is 38.1 Å². The van der Waals surface area contributed by atoms with E-state index in [-0.39, 0.29) is 92.6 Å². The van der Waals surface area contributed by atoms with Crippen molar-refractivity contribution in [1.82, 2.24) is 47.9 Å². The van der Waals surface area contributed by atoms with Gasteiger partial charge in [-0.2, -0.15) is 0 Å². The van der Waals surface area contributed by atoms with Gasteiger partial charge in [0, 0.05) is 42.7 Å². The summed E-state index contributed by atoms with van der Waals surface area (Å²) in [7, 11) is 0. The number of nitrogens with one attached hydrogen (secondary N) is 9. The van der Waals surface area contributed by atoms with Gasteiger partial charge in [-0.25, -0.2) is 18.4 Å². The maximum atomic E-state index is 13.4. The molecule has 0 aromatic heterocycles. The molecule has 2 aromatic rings. The first-order chi connectivity index (χ1) is 40.9. The Balaban J connectivity index is 0.000000595. The molecule has 0 aliphatic heterocycles. The minimum absolute atomic E-state index is 0.0207. The third-order valence-electron chi connectivity index (χ3n) is 12.6. The summed E-state index contributed by atoms with van der Waals surface area (Å²) in [6, 6.07) is 9.59. The van der Waals surface area contributed by atoms with Crippen LogP contribution in [0.4, 0.5) is 14.5 Å². The van der Waals surface area contributed by atoms with Gasteiger partial charge < -0.3 is 63.4 Å². The van der Waals surface area contributed by atoms with E-state index >= 15 is 0 Å². The molecule has 26 nitrogen and oxygen atoms in total. The Labute approximate surface area is 503 Å². The molecule has 1 aliphatic rings. The molecule has 0 fully saturated rings. The number of benzene rings is 2. The SMILES string of the molecule is C=C(C)C(=O)NCC(=O)NC(CC1=CCCC=C1)C(=O)NC(CC(C)C)C(=O)NCC(=O)NCCCCC(N)(C(=O)O)C(F)F.C=C(C)C(=O)NCC(=O)NC(Cc1ccccc1)C(=O)NC(CC(C)C)C(=O)NCC(=O)Oc1ccc([N+](=O)[O-])cc1. The van der Waals surface area contributed by atoms with Gasteiger partial charge in [-0.05, 0) is 93.9 Å². The van der Waals surface area contributed by atoms with Crippen molar-refractivity contribution < 1.29 is 76.3 Å². The van der Waals surface area contributed by atoms with Gasteiger partial charge in [-0.3, -0.25) is 53.3 Å². The Morgan fingerprint density at radius 3 is 1.59 bits per heavy atom. The molecule has 0 saturated carbocycles. The summed E-state index contributed by atoms with van der Waals surface area (Å²) >= 11 is 0. The number of rotatable bonds is 35. The number of nitrogens with zero attached hydrogens (tertiary/aromatic N) is 1. The van der Waals surface area contributed by atoms with Crippen LogP contribution in [0.5, 0.6) is 5.75 Å². The zero-order valence-corrected chi connectivity index (χ0v) is 49.7. The minimum atomic E-state index is -3.25. The lowest BCUT2D eigenvalue weighted by Gasteiger charge is -2.25. The van der Waals surface area contributed by atoms with Crippen LogP contribution in [-0.2, 0) is 59.2 Å². The Morgan fingerprint density at radius 1 is 0.644 bits per heavy atom. The molecule has 0 spiro atoms. The molecule has 28 heteroatoms. The number of nitro groups is 1. The smallest absolute Gasteiger partial charge is 0.330 e. The first kappa shape index (κ1) is 73.9. The van der Waals surface area contributed by atoms with Gasteiger partial charge in [0.05, 0.1) is 24.6 Å². The lowest BCUT2D eigenvalue weighted by Crippen LogP contribution is -2.56. The fraction of sp³-hybridized carbons (Fsp3) is 0.475. The number of carbonyl (C=O) groups is 11. The first-order valence-electron chi connectivity index (χ1n) is 28.0. The van der Waals surface area contributed by atoms with Crippen molar-refractivity contribution in [1.29, 1.82) is 0 Å². The van der Waals surface area contributed by atoms with E-state index in [4.69, 9.17) is 15.6 Å². The van der Waals surface area contributed by atoms with Gasteiger partial charge in [-0.1, -0.05) is 89.4 Å². The molecule has 9 amide bonds. The summed E-state index contributed by atoms with van der Waals surface area (Å²) in [6.07, 6.45) is 4.56. The predicted octanol–water partition coefficient (Wildman–Crippen LogP) is 2.38. The highest BCUT2D eigenvalue weighted by Crippen LogP contribution is 2.21. The quantitative estimate of drug-likeness (QED) is 0.0118. The largest absolute Gasteiger partial charge is 0.480 e. The van der Waals surface area contributed by atoms with E-state index in [2.05, 4.69) is 61.0 Å². The van der Waals surface area contributed by atoms with Crippen LogP contribution in [-0.4, -0.2) is 144 Å². The van der Waals surface area contributed by atoms with E-state index in [0.717, 1.165) is 24.0 Å².